The Morgan fingerprint density at radius 1 is 0.733 bits per heavy atom. The van der Waals surface area contributed by atoms with E-state index in [9.17, 15) is 0 Å². The van der Waals surface area contributed by atoms with E-state index in [0.29, 0.717) is 26.2 Å². The predicted octanol–water partition coefficient (Wildman–Crippen LogP) is 6.91. The summed E-state index contributed by atoms with van der Waals surface area (Å²) in [5.41, 5.74) is 0.475. The summed E-state index contributed by atoms with van der Waals surface area (Å²) in [6, 6.07) is 10.5. The van der Waals surface area contributed by atoms with Crippen LogP contribution in [0.3, 0.4) is 0 Å². The molecule has 1 aromatic carbocycles. The molecule has 4 nitrogen and oxygen atoms in total. The summed E-state index contributed by atoms with van der Waals surface area (Å²) in [7, 11) is 0. The Labute approximate surface area is 185 Å². The third-order valence-corrected chi connectivity index (χ3v) is 5.29. The molecule has 1 atom stereocenters. The fraction of sp³-hybridized carbons (Fsp3) is 0.769. The van der Waals surface area contributed by atoms with Gasteiger partial charge in [0, 0.05) is 26.2 Å². The van der Waals surface area contributed by atoms with Crippen LogP contribution in [-0.4, -0.2) is 37.5 Å². The van der Waals surface area contributed by atoms with Crippen LogP contribution in [0, 0.1) is 0 Å². The highest BCUT2D eigenvalue weighted by Crippen LogP contribution is 2.41. The minimum Gasteiger partial charge on any atom is -0.364 e. The van der Waals surface area contributed by atoms with Gasteiger partial charge in [-0.3, -0.25) is 0 Å². The minimum absolute atomic E-state index is 0.0227. The van der Waals surface area contributed by atoms with Gasteiger partial charge in [0.25, 0.3) is 0 Å². The quantitative estimate of drug-likeness (QED) is 0.190. The molecule has 30 heavy (non-hydrogen) atoms. The summed E-state index contributed by atoms with van der Waals surface area (Å²) in [5, 5.41) is 0. The van der Waals surface area contributed by atoms with Crippen LogP contribution in [0.5, 0.6) is 0 Å². The fourth-order valence-corrected chi connectivity index (χ4v) is 4.18. The third-order valence-electron chi connectivity index (χ3n) is 5.29. The zero-order valence-electron chi connectivity index (χ0n) is 20.4. The number of ether oxygens (including phenoxy) is 4. The third kappa shape index (κ3) is 8.30. The number of unbranched alkanes of at least 4 members (excludes halogenated alkanes) is 5. The van der Waals surface area contributed by atoms with Crippen molar-refractivity contribution in [3.05, 3.63) is 35.9 Å². The highest BCUT2D eigenvalue weighted by Gasteiger charge is 2.56. The molecular weight excluding hydrogens is 376 g/mol. The van der Waals surface area contributed by atoms with Crippen molar-refractivity contribution >= 4 is 0 Å². The summed E-state index contributed by atoms with van der Waals surface area (Å²) in [6.07, 6.45) is 8.87. The molecule has 0 fully saturated rings. The molecule has 0 aliphatic rings. The average Bonchev–Trinajstić information content (AvgIpc) is 2.71. The summed E-state index contributed by atoms with van der Waals surface area (Å²) in [5.74, 6) is -1.23. The molecule has 0 spiro atoms. The monoisotopic (exact) mass is 422 g/mol. The molecule has 0 amide bonds. The van der Waals surface area contributed by atoms with E-state index in [2.05, 4.69) is 45.0 Å². The Morgan fingerprint density at radius 3 is 1.77 bits per heavy atom. The lowest BCUT2D eigenvalue weighted by Crippen LogP contribution is -2.63. The number of rotatable bonds is 18. The van der Waals surface area contributed by atoms with E-state index >= 15 is 0 Å². The minimum atomic E-state index is -1.23. The Balaban J connectivity index is 3.29. The Bertz CT molecular complexity index is 514. The Kier molecular flexibility index (Phi) is 13.5. The second kappa shape index (κ2) is 15.0. The molecular formula is C26H46O4. The predicted molar refractivity (Wildman–Crippen MR) is 125 cm³/mol. The lowest BCUT2D eigenvalue weighted by atomic mass is 9.85. The summed E-state index contributed by atoms with van der Waals surface area (Å²) < 4.78 is 25.5. The maximum absolute atomic E-state index is 6.72. The van der Waals surface area contributed by atoms with Crippen molar-refractivity contribution in [1.82, 2.24) is 0 Å². The first-order chi connectivity index (χ1) is 14.5. The van der Waals surface area contributed by atoms with Crippen LogP contribution in [0.1, 0.15) is 92.1 Å². The SMILES string of the molecule is CCCCCCCCC(Cc1ccccc1)(OC(C)C)C(OCC)(OCC)OCC. The van der Waals surface area contributed by atoms with Crippen LogP contribution in [0.25, 0.3) is 0 Å². The second-order valence-electron chi connectivity index (χ2n) is 8.20. The van der Waals surface area contributed by atoms with Crippen LogP contribution >= 0.6 is 0 Å². The van der Waals surface area contributed by atoms with Crippen LogP contribution in [0.4, 0.5) is 0 Å². The molecule has 0 heterocycles. The van der Waals surface area contributed by atoms with Gasteiger partial charge in [0.1, 0.15) is 0 Å². The molecule has 0 bridgehead atoms. The van der Waals surface area contributed by atoms with Crippen molar-refractivity contribution < 1.29 is 18.9 Å². The topological polar surface area (TPSA) is 36.9 Å². The van der Waals surface area contributed by atoms with E-state index in [1.165, 1.54) is 37.7 Å². The largest absolute Gasteiger partial charge is 0.364 e. The van der Waals surface area contributed by atoms with Crippen molar-refractivity contribution in [3.8, 4) is 0 Å². The first-order valence-corrected chi connectivity index (χ1v) is 12.1. The van der Waals surface area contributed by atoms with E-state index < -0.39 is 11.6 Å². The van der Waals surface area contributed by atoms with Crippen LogP contribution < -0.4 is 0 Å². The molecule has 1 unspecified atom stereocenters. The first kappa shape index (κ1) is 27.1. The molecule has 0 radical (unpaired) electrons. The number of hydrogen-bond donors (Lipinski definition) is 0. The molecule has 0 aromatic heterocycles. The van der Waals surface area contributed by atoms with Gasteiger partial charge < -0.3 is 18.9 Å². The van der Waals surface area contributed by atoms with Crippen molar-refractivity contribution in [1.29, 1.82) is 0 Å². The van der Waals surface area contributed by atoms with Crippen molar-refractivity contribution in [2.75, 3.05) is 19.8 Å². The van der Waals surface area contributed by atoms with Crippen LogP contribution in [0.15, 0.2) is 30.3 Å². The van der Waals surface area contributed by atoms with Gasteiger partial charge in [0.15, 0.2) is 5.60 Å². The van der Waals surface area contributed by atoms with E-state index in [0.717, 1.165) is 12.8 Å². The zero-order valence-corrected chi connectivity index (χ0v) is 20.4. The molecule has 0 aliphatic carbocycles. The van der Waals surface area contributed by atoms with Crippen molar-refractivity contribution in [2.45, 2.75) is 111 Å². The number of hydrogen-bond acceptors (Lipinski definition) is 4. The van der Waals surface area contributed by atoms with E-state index in [4.69, 9.17) is 18.9 Å². The summed E-state index contributed by atoms with van der Waals surface area (Å²) >= 11 is 0. The standard InChI is InChI=1S/C26H46O4/c1-7-11-12-13-14-18-21-25(30-23(5)6,22-24-19-16-15-17-20-24)26(27-8-2,28-9-3)29-10-4/h15-17,19-20,23H,7-14,18,21-22H2,1-6H3. The highest BCUT2D eigenvalue weighted by atomic mass is 16.9. The van der Waals surface area contributed by atoms with E-state index in [-0.39, 0.29) is 6.10 Å². The Morgan fingerprint density at radius 2 is 1.27 bits per heavy atom. The lowest BCUT2D eigenvalue weighted by molar-refractivity contribution is -0.449. The van der Waals surface area contributed by atoms with Crippen molar-refractivity contribution in [2.24, 2.45) is 0 Å². The van der Waals surface area contributed by atoms with Gasteiger partial charge in [0.2, 0.25) is 0 Å². The average molecular weight is 423 g/mol. The summed E-state index contributed by atoms with van der Waals surface area (Å²) in [4.78, 5) is 0. The smallest absolute Gasteiger partial charge is 0.314 e. The normalized spacial score (nSPS) is 14.2. The van der Waals surface area contributed by atoms with E-state index in [1.807, 2.05) is 26.8 Å². The Hall–Kier alpha value is -0.940. The van der Waals surface area contributed by atoms with Gasteiger partial charge >= 0.3 is 5.97 Å². The number of benzene rings is 1. The lowest BCUT2D eigenvalue weighted by Gasteiger charge is -2.49. The summed E-state index contributed by atoms with van der Waals surface area (Å²) in [6.45, 7) is 13.9. The van der Waals surface area contributed by atoms with E-state index in [1.54, 1.807) is 0 Å². The maximum atomic E-state index is 6.72. The van der Waals surface area contributed by atoms with Gasteiger partial charge in [-0.15, -0.1) is 0 Å². The molecule has 1 aromatic rings. The molecule has 0 saturated carbocycles. The molecule has 0 saturated heterocycles. The zero-order chi connectivity index (χ0) is 22.3. The highest BCUT2D eigenvalue weighted by molar-refractivity contribution is 5.18. The van der Waals surface area contributed by atoms with Crippen LogP contribution in [-0.2, 0) is 25.4 Å². The van der Waals surface area contributed by atoms with Gasteiger partial charge in [0.05, 0.1) is 6.10 Å². The van der Waals surface area contributed by atoms with Gasteiger partial charge in [-0.1, -0.05) is 75.8 Å². The fourth-order valence-electron chi connectivity index (χ4n) is 4.18. The molecule has 4 heteroatoms. The second-order valence-corrected chi connectivity index (χ2v) is 8.20. The van der Waals surface area contributed by atoms with Gasteiger partial charge in [-0.05, 0) is 46.6 Å². The molecule has 0 aliphatic heterocycles. The first-order valence-electron chi connectivity index (χ1n) is 12.1. The van der Waals surface area contributed by atoms with Crippen molar-refractivity contribution in [3.63, 3.8) is 0 Å². The molecule has 174 valence electrons. The maximum Gasteiger partial charge on any atom is 0.314 e. The molecule has 0 N–H and O–H groups in total. The van der Waals surface area contributed by atoms with Gasteiger partial charge in [-0.2, -0.15) is 0 Å². The van der Waals surface area contributed by atoms with Gasteiger partial charge in [-0.25, -0.2) is 0 Å². The molecule has 1 rings (SSSR count). The van der Waals surface area contributed by atoms with Crippen LogP contribution in [0.2, 0.25) is 0 Å².